The van der Waals surface area contributed by atoms with E-state index in [0.29, 0.717) is 0 Å². The fourth-order valence-corrected chi connectivity index (χ4v) is 3.94. The van der Waals surface area contributed by atoms with Gasteiger partial charge in [0.1, 0.15) is 73.2 Å². The van der Waals surface area contributed by atoms with Crippen LogP contribution in [0.2, 0.25) is 0 Å². The van der Waals surface area contributed by atoms with E-state index in [1.165, 1.54) is 0 Å². The summed E-state index contributed by atoms with van der Waals surface area (Å²) in [7, 11) is 0. The van der Waals surface area contributed by atoms with Crippen LogP contribution in [0.4, 0.5) is 0 Å². The minimum atomic E-state index is -1.93. The second kappa shape index (κ2) is 11.6. The Morgan fingerprint density at radius 1 is 0.500 bits per heavy atom. The maximum atomic E-state index is 10.6. The molecule has 0 spiro atoms. The highest BCUT2D eigenvalue weighted by molar-refractivity contribution is 4.94. The Kier molecular flexibility index (Phi) is 9.54. The van der Waals surface area contributed by atoms with Gasteiger partial charge in [0.15, 0.2) is 18.9 Å². The minimum absolute atomic E-state index is 0.609. The van der Waals surface area contributed by atoms with Gasteiger partial charge in [0.25, 0.3) is 0 Å². The van der Waals surface area contributed by atoms with Crippen molar-refractivity contribution in [3.05, 3.63) is 0 Å². The molecule has 0 aromatic heterocycles. The summed E-state index contributed by atoms with van der Waals surface area (Å²) in [4.78, 5) is 0. The van der Waals surface area contributed by atoms with Gasteiger partial charge in [-0.3, -0.25) is 0 Å². The van der Waals surface area contributed by atoms with Crippen molar-refractivity contribution < 1.29 is 79.9 Å². The molecule has 14 unspecified atom stereocenters. The summed E-state index contributed by atoms with van der Waals surface area (Å²) in [6.45, 7) is -2.06. The maximum absolute atomic E-state index is 10.6. The molecular weight excluding hydrogens is 472 g/mol. The highest BCUT2D eigenvalue weighted by Crippen LogP contribution is 2.29. The van der Waals surface area contributed by atoms with E-state index in [1.54, 1.807) is 0 Å². The molecule has 3 saturated heterocycles. The number of hydrogen-bond acceptors (Lipinski definition) is 16. The number of aliphatic hydroxyl groups is 11. The van der Waals surface area contributed by atoms with E-state index in [1.807, 2.05) is 0 Å². The van der Waals surface area contributed by atoms with Gasteiger partial charge >= 0.3 is 0 Å². The summed E-state index contributed by atoms with van der Waals surface area (Å²) in [6.07, 6.45) is -24.9. The van der Waals surface area contributed by atoms with Crippen LogP contribution in [0.3, 0.4) is 0 Å². The van der Waals surface area contributed by atoms with Crippen LogP contribution < -0.4 is 0 Å². The third-order valence-corrected chi connectivity index (χ3v) is 6.07. The fraction of sp³-hybridized carbons (Fsp3) is 1.00. The number of rotatable bonds is 7. The van der Waals surface area contributed by atoms with E-state index < -0.39 is 112 Å². The van der Waals surface area contributed by atoms with E-state index in [9.17, 15) is 56.2 Å². The van der Waals surface area contributed by atoms with Crippen molar-refractivity contribution in [3.8, 4) is 0 Å². The van der Waals surface area contributed by atoms with Crippen LogP contribution >= 0.6 is 0 Å². The normalized spacial score (nSPS) is 52.5. The molecule has 0 saturated carbocycles. The smallest absolute Gasteiger partial charge is 0.187 e. The first-order valence-electron chi connectivity index (χ1n) is 10.6. The fourth-order valence-electron chi connectivity index (χ4n) is 3.94. The molecule has 3 rings (SSSR count). The Labute approximate surface area is 192 Å². The molecule has 3 aliphatic heterocycles. The van der Waals surface area contributed by atoms with Crippen LogP contribution in [-0.2, 0) is 23.7 Å². The third-order valence-electron chi connectivity index (χ3n) is 6.07. The molecule has 3 aliphatic rings. The SMILES string of the molecule is OCC1OC(OCC2OC(O)[C@@H](O)C(OC3OC(CO)C(O)C(O)C3O)C2O)C(O)C(O)C1O. The molecule has 11 N–H and O–H groups in total. The second-order valence-electron chi connectivity index (χ2n) is 8.37. The quantitative estimate of drug-likeness (QED) is 0.154. The molecule has 15 atom stereocenters. The summed E-state index contributed by atoms with van der Waals surface area (Å²) in [6, 6.07) is 0. The standard InChI is InChI=1S/C18H32O16/c19-1-4-7(21)10(24)12(26)17(32-4)30-3-6-9(23)15(14(28)16(29)31-6)34-18-13(27)11(25)8(22)5(2-20)33-18/h4-29H,1-3H2/t4?,5?,6?,7?,8?,9?,10?,11?,12?,13?,14-,15?,16?,17?,18?/m0/s1. The lowest BCUT2D eigenvalue weighted by atomic mass is 9.97. The van der Waals surface area contributed by atoms with Gasteiger partial charge in [0.05, 0.1) is 19.8 Å². The van der Waals surface area contributed by atoms with Gasteiger partial charge in [-0.05, 0) is 0 Å². The number of ether oxygens (including phenoxy) is 5. The maximum Gasteiger partial charge on any atom is 0.187 e. The summed E-state index contributed by atoms with van der Waals surface area (Å²) in [5.74, 6) is 0. The van der Waals surface area contributed by atoms with Crippen molar-refractivity contribution in [2.24, 2.45) is 0 Å². The van der Waals surface area contributed by atoms with Crippen LogP contribution in [-0.4, -0.2) is 168 Å². The summed E-state index contributed by atoms with van der Waals surface area (Å²) >= 11 is 0. The monoisotopic (exact) mass is 504 g/mol. The Hall–Kier alpha value is -0.640. The predicted octanol–water partition coefficient (Wildman–Crippen LogP) is -7.57. The van der Waals surface area contributed by atoms with Crippen molar-refractivity contribution in [3.63, 3.8) is 0 Å². The zero-order valence-electron chi connectivity index (χ0n) is 17.7. The Bertz CT molecular complexity index is 637. The second-order valence-corrected chi connectivity index (χ2v) is 8.37. The van der Waals surface area contributed by atoms with Gasteiger partial charge in [-0.1, -0.05) is 0 Å². The highest BCUT2D eigenvalue weighted by atomic mass is 16.7. The lowest BCUT2D eigenvalue weighted by Crippen LogP contribution is -2.65. The van der Waals surface area contributed by atoms with Crippen molar-refractivity contribution in [2.45, 2.75) is 92.1 Å². The van der Waals surface area contributed by atoms with E-state index in [-0.39, 0.29) is 0 Å². The molecule has 3 heterocycles. The molecule has 16 heteroatoms. The molecular formula is C18H32O16. The van der Waals surface area contributed by atoms with Crippen LogP contribution in [0.5, 0.6) is 0 Å². The van der Waals surface area contributed by atoms with Gasteiger partial charge in [0, 0.05) is 0 Å². The van der Waals surface area contributed by atoms with Crippen molar-refractivity contribution >= 4 is 0 Å². The van der Waals surface area contributed by atoms with E-state index in [0.717, 1.165) is 0 Å². The molecule has 0 aromatic carbocycles. The topological polar surface area (TPSA) is 269 Å². The Balaban J connectivity index is 1.65. The molecule has 34 heavy (non-hydrogen) atoms. The number of hydrogen-bond donors (Lipinski definition) is 11. The van der Waals surface area contributed by atoms with Gasteiger partial charge < -0.3 is 79.9 Å². The largest absolute Gasteiger partial charge is 0.394 e. The molecule has 3 fully saturated rings. The molecule has 200 valence electrons. The zero-order chi connectivity index (χ0) is 25.3. The van der Waals surface area contributed by atoms with E-state index in [4.69, 9.17) is 23.7 Å². The molecule has 0 amide bonds. The lowest BCUT2D eigenvalue weighted by Gasteiger charge is -2.45. The number of aliphatic hydroxyl groups excluding tert-OH is 11. The van der Waals surface area contributed by atoms with Gasteiger partial charge in [-0.25, -0.2) is 0 Å². The van der Waals surface area contributed by atoms with Crippen LogP contribution in [0, 0.1) is 0 Å². The average molecular weight is 504 g/mol. The van der Waals surface area contributed by atoms with E-state index >= 15 is 0 Å². The first-order chi connectivity index (χ1) is 16.0. The molecule has 0 bridgehead atoms. The first kappa shape index (κ1) is 27.9. The Morgan fingerprint density at radius 2 is 1.00 bits per heavy atom. The minimum Gasteiger partial charge on any atom is -0.394 e. The van der Waals surface area contributed by atoms with Crippen molar-refractivity contribution in [2.75, 3.05) is 19.8 Å². The predicted molar refractivity (Wildman–Crippen MR) is 101 cm³/mol. The van der Waals surface area contributed by atoms with Gasteiger partial charge in [-0.15, -0.1) is 0 Å². The summed E-state index contributed by atoms with van der Waals surface area (Å²) < 4.78 is 26.1. The highest BCUT2D eigenvalue weighted by Gasteiger charge is 2.51. The zero-order valence-corrected chi connectivity index (χ0v) is 17.7. The molecule has 0 radical (unpaired) electrons. The first-order valence-corrected chi connectivity index (χ1v) is 10.6. The van der Waals surface area contributed by atoms with Gasteiger partial charge in [0.2, 0.25) is 0 Å². The summed E-state index contributed by atoms with van der Waals surface area (Å²) in [5, 5.41) is 109. The van der Waals surface area contributed by atoms with E-state index in [2.05, 4.69) is 0 Å². The summed E-state index contributed by atoms with van der Waals surface area (Å²) in [5.41, 5.74) is 0. The Morgan fingerprint density at radius 3 is 1.53 bits per heavy atom. The molecule has 0 aliphatic carbocycles. The average Bonchev–Trinajstić information content (AvgIpc) is 2.82. The van der Waals surface area contributed by atoms with Crippen molar-refractivity contribution in [1.82, 2.24) is 0 Å². The van der Waals surface area contributed by atoms with Crippen LogP contribution in [0.1, 0.15) is 0 Å². The van der Waals surface area contributed by atoms with Crippen LogP contribution in [0.15, 0.2) is 0 Å². The van der Waals surface area contributed by atoms with Crippen LogP contribution in [0.25, 0.3) is 0 Å². The molecule has 0 aromatic rings. The lowest BCUT2D eigenvalue weighted by molar-refractivity contribution is -0.361. The van der Waals surface area contributed by atoms with Crippen molar-refractivity contribution in [1.29, 1.82) is 0 Å². The van der Waals surface area contributed by atoms with Gasteiger partial charge in [-0.2, -0.15) is 0 Å². The molecule has 16 nitrogen and oxygen atoms in total. The third kappa shape index (κ3) is 5.52.